The highest BCUT2D eigenvalue weighted by molar-refractivity contribution is 6.02. The monoisotopic (exact) mass is 378 g/mol. The van der Waals surface area contributed by atoms with Crippen molar-refractivity contribution in [2.45, 2.75) is 58.9 Å². The van der Waals surface area contributed by atoms with Crippen LogP contribution in [0.25, 0.3) is 10.8 Å². The Labute approximate surface area is 166 Å². The zero-order valence-corrected chi connectivity index (χ0v) is 16.9. The Morgan fingerprint density at radius 1 is 1.14 bits per heavy atom. The number of pyridine rings is 1. The molecule has 0 saturated heterocycles. The topological polar surface area (TPSA) is 51.1 Å². The fourth-order valence-electron chi connectivity index (χ4n) is 6.73. The van der Waals surface area contributed by atoms with Gasteiger partial charge in [0.25, 0.3) is 5.56 Å². The van der Waals surface area contributed by atoms with Gasteiger partial charge < -0.3 is 9.88 Å². The van der Waals surface area contributed by atoms with Crippen LogP contribution in [0.15, 0.2) is 35.3 Å². The average molecular weight is 379 g/mol. The fourth-order valence-corrected chi connectivity index (χ4v) is 6.73. The van der Waals surface area contributed by atoms with Crippen molar-refractivity contribution in [1.29, 1.82) is 0 Å². The first-order valence-electron chi connectivity index (χ1n) is 10.9. The number of hydrogen-bond donors (Lipinski definition) is 1. The molecule has 1 N–H and O–H groups in total. The normalized spacial score (nSPS) is 30.5. The van der Waals surface area contributed by atoms with Crippen LogP contribution in [0.2, 0.25) is 0 Å². The Kier molecular flexibility index (Phi) is 4.15. The highest BCUT2D eigenvalue weighted by Crippen LogP contribution is 2.66. The third kappa shape index (κ3) is 2.89. The summed E-state index contributed by atoms with van der Waals surface area (Å²) >= 11 is 0. The number of fused-ring (bicyclic) bond motifs is 1. The largest absolute Gasteiger partial charge is 0.325 e. The van der Waals surface area contributed by atoms with Gasteiger partial charge in [-0.1, -0.05) is 19.9 Å². The van der Waals surface area contributed by atoms with E-state index >= 15 is 0 Å². The van der Waals surface area contributed by atoms with Crippen molar-refractivity contribution in [2.24, 2.45) is 29.1 Å². The SMILES string of the molecule is CC(C)Cn1ccc2c(NC(=O)CC34CC5CC(CC3C5)C4)cccc2c1=O. The van der Waals surface area contributed by atoms with Crippen molar-refractivity contribution in [2.75, 3.05) is 5.32 Å². The molecule has 0 aliphatic heterocycles. The lowest BCUT2D eigenvalue weighted by atomic mass is 9.73. The van der Waals surface area contributed by atoms with Gasteiger partial charge in [-0.15, -0.1) is 0 Å². The number of nitrogens with one attached hydrogen (secondary N) is 1. The summed E-state index contributed by atoms with van der Waals surface area (Å²) in [6.07, 6.45) is 9.07. The van der Waals surface area contributed by atoms with Crippen molar-refractivity contribution >= 4 is 22.4 Å². The molecule has 4 heteroatoms. The molecule has 28 heavy (non-hydrogen) atoms. The van der Waals surface area contributed by atoms with E-state index in [1.54, 1.807) is 4.57 Å². The second-order valence-electron chi connectivity index (χ2n) is 10.1. The summed E-state index contributed by atoms with van der Waals surface area (Å²) in [4.78, 5) is 25.8. The Hall–Kier alpha value is -2.10. The number of hydrogen-bond acceptors (Lipinski definition) is 2. The number of carbonyl (C=O) groups excluding carboxylic acids is 1. The van der Waals surface area contributed by atoms with Crippen LogP contribution in [0.5, 0.6) is 0 Å². The lowest BCUT2D eigenvalue weighted by molar-refractivity contribution is -0.119. The van der Waals surface area contributed by atoms with E-state index < -0.39 is 0 Å². The molecule has 1 aromatic heterocycles. The van der Waals surface area contributed by atoms with E-state index in [2.05, 4.69) is 19.2 Å². The van der Waals surface area contributed by atoms with Crippen LogP contribution in [0.4, 0.5) is 5.69 Å². The minimum absolute atomic E-state index is 0.0210. The second kappa shape index (κ2) is 6.47. The minimum Gasteiger partial charge on any atom is -0.325 e. The predicted octanol–water partition coefficient (Wildman–Crippen LogP) is 4.81. The maximum Gasteiger partial charge on any atom is 0.258 e. The zero-order chi connectivity index (χ0) is 19.5. The Balaban J connectivity index is 1.39. The van der Waals surface area contributed by atoms with Gasteiger partial charge in [0.2, 0.25) is 5.91 Å². The molecule has 2 atom stereocenters. The van der Waals surface area contributed by atoms with Gasteiger partial charge in [0.15, 0.2) is 0 Å². The molecule has 4 aliphatic carbocycles. The van der Waals surface area contributed by atoms with Crippen molar-refractivity contribution < 1.29 is 4.79 Å². The molecule has 0 spiro atoms. The number of aromatic nitrogens is 1. The van der Waals surface area contributed by atoms with Crippen molar-refractivity contribution in [1.82, 2.24) is 4.57 Å². The van der Waals surface area contributed by atoms with E-state index in [-0.39, 0.29) is 16.9 Å². The molecule has 4 bridgehead atoms. The molecule has 148 valence electrons. The zero-order valence-electron chi connectivity index (χ0n) is 16.9. The highest BCUT2D eigenvalue weighted by atomic mass is 16.1. The molecular weight excluding hydrogens is 348 g/mol. The molecule has 0 radical (unpaired) electrons. The first-order valence-corrected chi connectivity index (χ1v) is 10.9. The summed E-state index contributed by atoms with van der Waals surface area (Å²) < 4.78 is 1.77. The van der Waals surface area contributed by atoms with Gasteiger partial charge in [-0.3, -0.25) is 9.59 Å². The van der Waals surface area contributed by atoms with Crippen LogP contribution in [-0.2, 0) is 11.3 Å². The minimum atomic E-state index is 0.0210. The number of anilines is 1. The van der Waals surface area contributed by atoms with Crippen molar-refractivity contribution in [3.63, 3.8) is 0 Å². The van der Waals surface area contributed by atoms with Crippen molar-refractivity contribution in [3.05, 3.63) is 40.8 Å². The van der Waals surface area contributed by atoms with Crippen LogP contribution in [0.1, 0.15) is 52.4 Å². The summed E-state index contributed by atoms with van der Waals surface area (Å²) in [5, 5.41) is 4.67. The molecule has 4 fully saturated rings. The van der Waals surface area contributed by atoms with E-state index in [0.717, 1.165) is 28.8 Å². The summed E-state index contributed by atoms with van der Waals surface area (Å²) in [5.74, 6) is 3.02. The molecule has 6 rings (SSSR count). The summed E-state index contributed by atoms with van der Waals surface area (Å²) in [6, 6.07) is 7.62. The third-order valence-electron chi connectivity index (χ3n) is 7.53. The first-order chi connectivity index (χ1) is 13.4. The lowest BCUT2D eigenvalue weighted by Gasteiger charge is -2.32. The van der Waals surface area contributed by atoms with Gasteiger partial charge in [0.05, 0.1) is 0 Å². The second-order valence-corrected chi connectivity index (χ2v) is 10.1. The van der Waals surface area contributed by atoms with Gasteiger partial charge in [0.1, 0.15) is 0 Å². The summed E-state index contributed by atoms with van der Waals surface area (Å²) in [7, 11) is 0. The molecule has 4 nitrogen and oxygen atoms in total. The van der Waals surface area contributed by atoms with Gasteiger partial charge in [-0.05, 0) is 79.4 Å². The number of nitrogens with zero attached hydrogens (tertiary/aromatic N) is 1. The fraction of sp³-hybridized carbons (Fsp3) is 0.583. The van der Waals surface area contributed by atoms with E-state index in [1.807, 2.05) is 30.5 Å². The summed E-state index contributed by atoms with van der Waals surface area (Å²) in [5.41, 5.74) is 1.05. The molecule has 1 heterocycles. The van der Waals surface area contributed by atoms with Gasteiger partial charge >= 0.3 is 0 Å². The van der Waals surface area contributed by atoms with E-state index in [1.165, 1.54) is 32.1 Å². The summed E-state index contributed by atoms with van der Waals surface area (Å²) in [6.45, 7) is 4.92. The van der Waals surface area contributed by atoms with E-state index in [9.17, 15) is 9.59 Å². The molecule has 4 saturated carbocycles. The van der Waals surface area contributed by atoms with Gasteiger partial charge in [0, 0.05) is 35.6 Å². The lowest BCUT2D eigenvalue weighted by Crippen LogP contribution is -2.29. The number of benzene rings is 1. The molecule has 4 aliphatic rings. The molecule has 2 aromatic rings. The number of carbonyl (C=O) groups is 1. The first kappa shape index (κ1) is 18.0. The molecule has 1 amide bonds. The standard InChI is InChI=1S/C24H30N2O2/c1-15(2)14-26-7-6-19-20(23(26)28)4-3-5-21(19)25-22(27)13-24-11-16-8-17(12-24)10-18(24)9-16/h3-7,15-18H,8-14H2,1-2H3,(H,25,27). The molecular formula is C24H30N2O2. The number of amides is 1. The third-order valence-corrected chi connectivity index (χ3v) is 7.53. The van der Waals surface area contributed by atoms with Crippen LogP contribution < -0.4 is 10.9 Å². The van der Waals surface area contributed by atoms with Crippen LogP contribution >= 0.6 is 0 Å². The predicted molar refractivity (Wildman–Crippen MR) is 112 cm³/mol. The average Bonchev–Trinajstić information content (AvgIpc) is 3.00. The quantitative estimate of drug-likeness (QED) is 0.811. The maximum atomic E-state index is 13.0. The van der Waals surface area contributed by atoms with Gasteiger partial charge in [-0.25, -0.2) is 0 Å². The Morgan fingerprint density at radius 2 is 1.89 bits per heavy atom. The van der Waals surface area contributed by atoms with Crippen LogP contribution in [0, 0.1) is 29.1 Å². The Morgan fingerprint density at radius 3 is 2.61 bits per heavy atom. The van der Waals surface area contributed by atoms with Crippen LogP contribution in [0.3, 0.4) is 0 Å². The van der Waals surface area contributed by atoms with Crippen LogP contribution in [-0.4, -0.2) is 10.5 Å². The maximum absolute atomic E-state index is 13.0. The highest BCUT2D eigenvalue weighted by Gasteiger charge is 2.57. The van der Waals surface area contributed by atoms with E-state index in [4.69, 9.17) is 0 Å². The smallest absolute Gasteiger partial charge is 0.258 e. The van der Waals surface area contributed by atoms with Crippen molar-refractivity contribution in [3.8, 4) is 0 Å². The number of rotatable bonds is 5. The van der Waals surface area contributed by atoms with E-state index in [0.29, 0.717) is 24.3 Å². The molecule has 1 aromatic carbocycles. The van der Waals surface area contributed by atoms with Gasteiger partial charge in [-0.2, -0.15) is 0 Å². The Bertz CT molecular complexity index is 976. The molecule has 2 unspecified atom stereocenters.